The Morgan fingerprint density at radius 2 is 1.72 bits per heavy atom. The van der Waals surface area contributed by atoms with E-state index >= 15 is 0 Å². The molecule has 2 aliphatic carbocycles. The lowest BCUT2D eigenvalue weighted by atomic mass is 9.62. The van der Waals surface area contributed by atoms with Gasteiger partial charge in [-0.25, -0.2) is 0 Å². The molecule has 2 bridgehead atoms. The van der Waals surface area contributed by atoms with Crippen LogP contribution in [0.25, 0.3) is 0 Å². The van der Waals surface area contributed by atoms with Crippen LogP contribution in [-0.4, -0.2) is 30.8 Å². The summed E-state index contributed by atoms with van der Waals surface area (Å²) in [4.78, 5) is 13.1. The number of nitrogens with one attached hydrogen (secondary N) is 1. The molecule has 1 aromatic rings. The second kappa shape index (κ2) is 7.42. The molecule has 2 saturated carbocycles. The van der Waals surface area contributed by atoms with Gasteiger partial charge in [0.05, 0.1) is 11.2 Å². The maximum atomic E-state index is 13.1. The molecular weight excluding hydrogens is 361 g/mol. The molecule has 1 aliphatic heterocycles. The lowest BCUT2D eigenvalue weighted by Crippen LogP contribution is -2.43. The SMILES string of the molecule is Cc1ccc(B2OC(C)(C)C(C)(C)O2)cc1C(=O)NCC12CCCC(CCC1)C2. The molecule has 1 heterocycles. The summed E-state index contributed by atoms with van der Waals surface area (Å²) in [5, 5.41) is 3.29. The third kappa shape index (κ3) is 4.01. The molecule has 5 heteroatoms. The normalized spacial score (nSPS) is 30.2. The average Bonchev–Trinajstić information content (AvgIpc) is 2.88. The molecule has 3 aliphatic rings. The molecule has 0 atom stereocenters. The van der Waals surface area contributed by atoms with Crippen LogP contribution >= 0.6 is 0 Å². The zero-order valence-corrected chi connectivity index (χ0v) is 18.8. The third-order valence-electron chi connectivity index (χ3n) is 8.02. The summed E-state index contributed by atoms with van der Waals surface area (Å²) >= 11 is 0. The van der Waals surface area contributed by atoms with E-state index in [1.165, 1.54) is 44.9 Å². The summed E-state index contributed by atoms with van der Waals surface area (Å²) in [5.74, 6) is 0.908. The number of rotatable bonds is 4. The van der Waals surface area contributed by atoms with Crippen molar-refractivity contribution in [3.63, 3.8) is 0 Å². The Kier molecular flexibility index (Phi) is 5.36. The average molecular weight is 397 g/mol. The van der Waals surface area contributed by atoms with Crippen LogP contribution in [0.3, 0.4) is 0 Å². The van der Waals surface area contributed by atoms with Crippen molar-refractivity contribution >= 4 is 18.5 Å². The number of aryl methyl sites for hydroxylation is 1. The molecule has 29 heavy (non-hydrogen) atoms. The van der Waals surface area contributed by atoms with Gasteiger partial charge in [0.2, 0.25) is 0 Å². The maximum Gasteiger partial charge on any atom is 0.494 e. The van der Waals surface area contributed by atoms with Crippen LogP contribution in [0.1, 0.15) is 88.6 Å². The number of carbonyl (C=O) groups excluding carboxylic acids is 1. The summed E-state index contributed by atoms with van der Waals surface area (Å²) in [6, 6.07) is 5.97. The maximum absolute atomic E-state index is 13.1. The van der Waals surface area contributed by atoms with Crippen molar-refractivity contribution in [1.29, 1.82) is 0 Å². The highest BCUT2D eigenvalue weighted by molar-refractivity contribution is 6.62. The first-order valence-corrected chi connectivity index (χ1v) is 11.4. The molecule has 0 spiro atoms. The minimum Gasteiger partial charge on any atom is -0.399 e. The highest BCUT2D eigenvalue weighted by atomic mass is 16.7. The van der Waals surface area contributed by atoms with Crippen molar-refractivity contribution in [2.45, 2.75) is 90.8 Å². The van der Waals surface area contributed by atoms with Gasteiger partial charge in [-0.05, 0) is 82.3 Å². The topological polar surface area (TPSA) is 47.6 Å². The van der Waals surface area contributed by atoms with Gasteiger partial charge in [0, 0.05) is 12.1 Å². The minimum absolute atomic E-state index is 0.0305. The van der Waals surface area contributed by atoms with Crippen LogP contribution < -0.4 is 10.8 Å². The van der Waals surface area contributed by atoms with Crippen LogP contribution in [0.2, 0.25) is 0 Å². The van der Waals surface area contributed by atoms with E-state index in [9.17, 15) is 4.79 Å². The van der Waals surface area contributed by atoms with Gasteiger partial charge in [0.1, 0.15) is 0 Å². The summed E-state index contributed by atoms with van der Waals surface area (Å²) in [5.41, 5.74) is 2.19. The lowest BCUT2D eigenvalue weighted by molar-refractivity contribution is 0.00578. The largest absolute Gasteiger partial charge is 0.494 e. The van der Waals surface area contributed by atoms with E-state index in [0.29, 0.717) is 5.41 Å². The number of benzene rings is 1. The molecule has 4 nitrogen and oxygen atoms in total. The summed E-state index contributed by atoms with van der Waals surface area (Å²) in [6.07, 6.45) is 9.21. The fraction of sp³-hybridized carbons (Fsp3) is 0.708. The van der Waals surface area contributed by atoms with Crippen molar-refractivity contribution in [2.24, 2.45) is 11.3 Å². The van der Waals surface area contributed by atoms with Gasteiger partial charge >= 0.3 is 7.12 Å². The van der Waals surface area contributed by atoms with Crippen LogP contribution in [0.5, 0.6) is 0 Å². The zero-order valence-electron chi connectivity index (χ0n) is 18.8. The number of hydrogen-bond acceptors (Lipinski definition) is 3. The molecule has 1 N–H and O–H groups in total. The van der Waals surface area contributed by atoms with Gasteiger partial charge in [-0.15, -0.1) is 0 Å². The van der Waals surface area contributed by atoms with Gasteiger partial charge in [0.25, 0.3) is 5.91 Å². The Balaban J connectivity index is 1.47. The fourth-order valence-electron chi connectivity index (χ4n) is 5.44. The van der Waals surface area contributed by atoms with E-state index in [1.807, 2.05) is 25.1 Å². The molecule has 1 aromatic carbocycles. The predicted octanol–water partition coefficient (Wildman–Crippen LogP) is 4.38. The van der Waals surface area contributed by atoms with Crippen molar-refractivity contribution in [3.05, 3.63) is 29.3 Å². The summed E-state index contributed by atoms with van der Waals surface area (Å²) < 4.78 is 12.4. The summed E-state index contributed by atoms with van der Waals surface area (Å²) in [7, 11) is -0.441. The molecule has 3 fully saturated rings. The van der Waals surface area contributed by atoms with Crippen LogP contribution in [0, 0.1) is 18.3 Å². The van der Waals surface area contributed by atoms with Crippen LogP contribution in [0.15, 0.2) is 18.2 Å². The van der Waals surface area contributed by atoms with Crippen molar-refractivity contribution in [2.75, 3.05) is 6.54 Å². The van der Waals surface area contributed by atoms with E-state index in [4.69, 9.17) is 9.31 Å². The molecular formula is C24H36BNO3. The Bertz CT molecular complexity index is 762. The number of amides is 1. The molecule has 1 saturated heterocycles. The molecule has 0 radical (unpaired) electrons. The van der Waals surface area contributed by atoms with E-state index in [2.05, 4.69) is 33.0 Å². The first kappa shape index (κ1) is 20.9. The highest BCUT2D eigenvalue weighted by Gasteiger charge is 2.51. The number of carbonyl (C=O) groups is 1. The third-order valence-corrected chi connectivity index (χ3v) is 8.02. The van der Waals surface area contributed by atoms with Crippen molar-refractivity contribution < 1.29 is 14.1 Å². The smallest absolute Gasteiger partial charge is 0.399 e. The van der Waals surface area contributed by atoms with Crippen LogP contribution in [-0.2, 0) is 9.31 Å². The second-order valence-electron chi connectivity index (χ2n) is 10.7. The van der Waals surface area contributed by atoms with E-state index in [0.717, 1.165) is 29.1 Å². The fourth-order valence-corrected chi connectivity index (χ4v) is 5.44. The van der Waals surface area contributed by atoms with Crippen molar-refractivity contribution in [3.8, 4) is 0 Å². The molecule has 0 unspecified atom stereocenters. The zero-order chi connectivity index (χ0) is 20.9. The van der Waals surface area contributed by atoms with Crippen molar-refractivity contribution in [1.82, 2.24) is 5.32 Å². The van der Waals surface area contributed by atoms with Gasteiger partial charge in [-0.1, -0.05) is 37.8 Å². The van der Waals surface area contributed by atoms with Crippen LogP contribution in [0.4, 0.5) is 0 Å². The Morgan fingerprint density at radius 1 is 1.10 bits per heavy atom. The molecule has 158 valence electrons. The van der Waals surface area contributed by atoms with E-state index < -0.39 is 7.12 Å². The highest BCUT2D eigenvalue weighted by Crippen LogP contribution is 2.48. The standard InChI is InChI=1S/C24H36BNO3/c1-17-10-11-19(25-28-22(2,3)23(4,5)29-25)14-20(17)21(27)26-16-24-12-6-8-18(15-24)9-7-13-24/h10-11,14,18H,6-9,12-13,15-16H2,1-5H3,(H,26,27). The monoisotopic (exact) mass is 397 g/mol. The molecule has 4 rings (SSSR count). The Morgan fingerprint density at radius 3 is 2.34 bits per heavy atom. The van der Waals surface area contributed by atoms with Gasteiger partial charge in [-0.2, -0.15) is 0 Å². The molecule has 0 aromatic heterocycles. The quantitative estimate of drug-likeness (QED) is 0.767. The minimum atomic E-state index is -0.441. The summed E-state index contributed by atoms with van der Waals surface area (Å²) in [6.45, 7) is 11.0. The van der Waals surface area contributed by atoms with E-state index in [1.54, 1.807) is 0 Å². The van der Waals surface area contributed by atoms with Gasteiger partial charge in [-0.3, -0.25) is 4.79 Å². The first-order valence-electron chi connectivity index (χ1n) is 11.4. The molecule has 1 amide bonds. The Labute approximate surface area is 176 Å². The van der Waals surface area contributed by atoms with Gasteiger partial charge < -0.3 is 14.6 Å². The van der Waals surface area contributed by atoms with E-state index in [-0.39, 0.29) is 17.1 Å². The number of fused-ring (bicyclic) bond motifs is 2. The number of hydrogen-bond donors (Lipinski definition) is 1. The first-order chi connectivity index (χ1) is 13.6. The van der Waals surface area contributed by atoms with Gasteiger partial charge in [0.15, 0.2) is 0 Å². The predicted molar refractivity (Wildman–Crippen MR) is 117 cm³/mol. The second-order valence-corrected chi connectivity index (χ2v) is 10.7. The lowest BCUT2D eigenvalue weighted by Gasteiger charge is -2.45. The Hall–Kier alpha value is -1.33.